The highest BCUT2D eigenvalue weighted by atomic mass is 32.2. The molecule has 1 unspecified atom stereocenters. The van der Waals surface area contributed by atoms with Crippen molar-refractivity contribution < 1.29 is 18.3 Å². The highest BCUT2D eigenvalue weighted by molar-refractivity contribution is 7.98. The summed E-state index contributed by atoms with van der Waals surface area (Å²) >= 11 is 1.62. The van der Waals surface area contributed by atoms with Crippen molar-refractivity contribution in [3.63, 3.8) is 0 Å². The van der Waals surface area contributed by atoms with Crippen molar-refractivity contribution in [1.82, 2.24) is 5.32 Å². The number of rotatable bonds is 6. The number of amides is 2. The number of alkyl halides is 2. The molecule has 2 amide bonds. The second-order valence-electron chi connectivity index (χ2n) is 5.00. The third kappa shape index (κ3) is 5.42. The van der Waals surface area contributed by atoms with Crippen LogP contribution in [0.3, 0.4) is 0 Å². The zero-order chi connectivity index (χ0) is 17.5. The zero-order valence-electron chi connectivity index (χ0n) is 13.3. The molecule has 2 rings (SSSR count). The Morgan fingerprint density at radius 3 is 2.50 bits per heavy atom. The summed E-state index contributed by atoms with van der Waals surface area (Å²) < 4.78 is 28.9. The second-order valence-corrected chi connectivity index (χ2v) is 5.88. The molecule has 2 aromatic carbocycles. The van der Waals surface area contributed by atoms with E-state index in [4.69, 9.17) is 0 Å². The van der Waals surface area contributed by atoms with Crippen molar-refractivity contribution in [1.29, 1.82) is 0 Å². The fraction of sp³-hybridized carbons (Fsp3) is 0.235. The van der Waals surface area contributed by atoms with Crippen LogP contribution < -0.4 is 15.4 Å². The van der Waals surface area contributed by atoms with E-state index in [-0.39, 0.29) is 17.8 Å². The van der Waals surface area contributed by atoms with Crippen LogP contribution >= 0.6 is 11.8 Å². The Hall–Kier alpha value is -2.28. The minimum atomic E-state index is -2.88. The van der Waals surface area contributed by atoms with Crippen LogP contribution in [-0.2, 0) is 0 Å². The lowest BCUT2D eigenvalue weighted by atomic mass is 10.1. The van der Waals surface area contributed by atoms with Crippen LogP contribution in [-0.4, -0.2) is 18.9 Å². The molecule has 0 bridgehead atoms. The molecule has 0 spiro atoms. The minimum Gasteiger partial charge on any atom is -0.435 e. The van der Waals surface area contributed by atoms with E-state index in [9.17, 15) is 13.6 Å². The first-order valence-corrected chi connectivity index (χ1v) is 8.46. The second kappa shape index (κ2) is 8.54. The van der Waals surface area contributed by atoms with E-state index in [1.807, 2.05) is 30.5 Å². The maximum Gasteiger partial charge on any atom is 0.387 e. The van der Waals surface area contributed by atoms with Gasteiger partial charge in [0.2, 0.25) is 0 Å². The number of anilines is 1. The number of thioether (sulfide) groups is 1. The van der Waals surface area contributed by atoms with Gasteiger partial charge in [-0.05, 0) is 55.1 Å². The van der Waals surface area contributed by atoms with Crippen molar-refractivity contribution in [2.75, 3.05) is 11.6 Å². The number of hydrogen-bond donors (Lipinski definition) is 2. The Labute approximate surface area is 143 Å². The summed E-state index contributed by atoms with van der Waals surface area (Å²) in [6.45, 7) is -1.12. The Kier molecular flexibility index (Phi) is 6.43. The van der Waals surface area contributed by atoms with Crippen LogP contribution in [0, 0.1) is 0 Å². The number of nitrogens with one attached hydrogen (secondary N) is 2. The maximum atomic E-state index is 12.3. The topological polar surface area (TPSA) is 50.4 Å². The molecule has 7 heteroatoms. The van der Waals surface area contributed by atoms with Crippen LogP contribution in [0.4, 0.5) is 19.3 Å². The van der Waals surface area contributed by atoms with Gasteiger partial charge in [-0.25, -0.2) is 4.79 Å². The number of hydrogen-bond acceptors (Lipinski definition) is 3. The highest BCUT2D eigenvalue weighted by Gasteiger charge is 2.12. The van der Waals surface area contributed by atoms with Gasteiger partial charge in [-0.1, -0.05) is 12.1 Å². The average Bonchev–Trinajstić information content (AvgIpc) is 2.55. The van der Waals surface area contributed by atoms with Gasteiger partial charge in [0.05, 0.1) is 6.04 Å². The summed E-state index contributed by atoms with van der Waals surface area (Å²) in [6.07, 6.45) is 1.97. The Morgan fingerprint density at radius 1 is 1.17 bits per heavy atom. The number of halogens is 2. The molecule has 2 aromatic rings. The van der Waals surface area contributed by atoms with E-state index in [0.717, 1.165) is 4.90 Å². The number of carbonyl (C=O) groups is 1. The van der Waals surface area contributed by atoms with Gasteiger partial charge in [-0.15, -0.1) is 11.8 Å². The summed E-state index contributed by atoms with van der Waals surface area (Å²) in [5, 5.41) is 5.49. The largest absolute Gasteiger partial charge is 0.435 e. The van der Waals surface area contributed by atoms with Crippen LogP contribution in [0.2, 0.25) is 0 Å². The summed E-state index contributed by atoms with van der Waals surface area (Å²) in [7, 11) is 0. The summed E-state index contributed by atoms with van der Waals surface area (Å²) in [4.78, 5) is 13.1. The fourth-order valence-corrected chi connectivity index (χ4v) is 2.49. The van der Waals surface area contributed by atoms with Gasteiger partial charge in [-0.3, -0.25) is 0 Å². The standard InChI is InChI=1S/C17H18F2N2O2S/c1-11(12-4-3-5-14(10-12)23-16(18)19)20-17(22)21-13-6-8-15(24-2)9-7-13/h3-11,16H,1-2H3,(H2,20,21,22). The third-order valence-electron chi connectivity index (χ3n) is 3.28. The van der Waals surface area contributed by atoms with Crippen LogP contribution in [0.25, 0.3) is 0 Å². The molecule has 1 atom stereocenters. The molecule has 128 valence electrons. The minimum absolute atomic E-state index is 0.0595. The molecule has 0 heterocycles. The fourth-order valence-electron chi connectivity index (χ4n) is 2.08. The first kappa shape index (κ1) is 18.1. The van der Waals surface area contributed by atoms with E-state index in [2.05, 4.69) is 15.4 Å². The van der Waals surface area contributed by atoms with Gasteiger partial charge in [-0.2, -0.15) is 8.78 Å². The van der Waals surface area contributed by atoms with Gasteiger partial charge >= 0.3 is 12.6 Å². The van der Waals surface area contributed by atoms with Crippen molar-refractivity contribution >= 4 is 23.5 Å². The van der Waals surface area contributed by atoms with Gasteiger partial charge < -0.3 is 15.4 Å². The lowest BCUT2D eigenvalue weighted by Gasteiger charge is -2.16. The Morgan fingerprint density at radius 2 is 1.88 bits per heavy atom. The third-order valence-corrected chi connectivity index (χ3v) is 4.02. The Balaban J connectivity index is 1.95. The molecule has 2 N–H and O–H groups in total. The molecule has 0 fully saturated rings. The van der Waals surface area contributed by atoms with Crippen molar-refractivity contribution in [3.05, 3.63) is 54.1 Å². The summed E-state index contributed by atoms with van der Waals surface area (Å²) in [5.74, 6) is 0.0595. The average molecular weight is 352 g/mol. The molecule has 4 nitrogen and oxygen atoms in total. The van der Waals surface area contributed by atoms with E-state index in [0.29, 0.717) is 11.3 Å². The van der Waals surface area contributed by atoms with Crippen molar-refractivity contribution in [3.8, 4) is 5.75 Å². The summed E-state index contributed by atoms with van der Waals surface area (Å²) in [6, 6.07) is 13.0. The normalized spacial score (nSPS) is 11.9. The number of carbonyl (C=O) groups excluding carboxylic acids is 1. The van der Waals surface area contributed by atoms with E-state index < -0.39 is 6.61 Å². The number of benzene rings is 2. The number of urea groups is 1. The molecule has 24 heavy (non-hydrogen) atoms. The van der Waals surface area contributed by atoms with E-state index in [1.54, 1.807) is 30.8 Å². The van der Waals surface area contributed by atoms with E-state index in [1.165, 1.54) is 12.1 Å². The quantitative estimate of drug-likeness (QED) is 0.728. The molecule has 0 radical (unpaired) electrons. The SMILES string of the molecule is CSc1ccc(NC(=O)NC(C)c2cccc(OC(F)F)c2)cc1. The number of ether oxygens (including phenoxy) is 1. The predicted molar refractivity (Wildman–Crippen MR) is 91.9 cm³/mol. The lowest BCUT2D eigenvalue weighted by Crippen LogP contribution is -2.31. The Bertz CT molecular complexity index is 681. The maximum absolute atomic E-state index is 12.3. The molecular weight excluding hydrogens is 334 g/mol. The monoisotopic (exact) mass is 352 g/mol. The molecule has 0 aliphatic heterocycles. The smallest absolute Gasteiger partial charge is 0.387 e. The zero-order valence-corrected chi connectivity index (χ0v) is 14.1. The van der Waals surface area contributed by atoms with Crippen molar-refractivity contribution in [2.24, 2.45) is 0 Å². The van der Waals surface area contributed by atoms with Crippen molar-refractivity contribution in [2.45, 2.75) is 24.5 Å². The molecule has 0 saturated heterocycles. The molecular formula is C17H18F2N2O2S. The highest BCUT2D eigenvalue weighted by Crippen LogP contribution is 2.21. The predicted octanol–water partition coefficient (Wildman–Crippen LogP) is 4.89. The molecule has 0 aliphatic rings. The van der Waals surface area contributed by atoms with Gasteiger partial charge in [0.15, 0.2) is 0 Å². The lowest BCUT2D eigenvalue weighted by molar-refractivity contribution is -0.0499. The van der Waals surface area contributed by atoms with Crippen LogP contribution in [0.5, 0.6) is 5.75 Å². The molecule has 0 saturated carbocycles. The summed E-state index contributed by atoms with van der Waals surface area (Å²) in [5.41, 5.74) is 1.34. The van der Waals surface area contributed by atoms with E-state index >= 15 is 0 Å². The first-order valence-electron chi connectivity index (χ1n) is 7.24. The van der Waals surface area contributed by atoms with Gasteiger partial charge in [0.1, 0.15) is 5.75 Å². The van der Waals surface area contributed by atoms with Gasteiger partial charge in [0.25, 0.3) is 0 Å². The first-order chi connectivity index (χ1) is 11.5. The van der Waals surface area contributed by atoms with Gasteiger partial charge in [0, 0.05) is 10.6 Å². The molecule has 0 aromatic heterocycles. The molecule has 0 aliphatic carbocycles. The van der Waals surface area contributed by atoms with Crippen LogP contribution in [0.1, 0.15) is 18.5 Å². The van der Waals surface area contributed by atoms with Crippen LogP contribution in [0.15, 0.2) is 53.4 Å².